The van der Waals surface area contributed by atoms with E-state index in [0.29, 0.717) is 24.0 Å². The highest BCUT2D eigenvalue weighted by Crippen LogP contribution is 2.47. The zero-order chi connectivity index (χ0) is 18.9. The fraction of sp³-hybridized carbons (Fsp3) is 0.750. The van der Waals surface area contributed by atoms with Gasteiger partial charge in [-0.15, -0.1) is 24.0 Å². The molecule has 4 fully saturated rings. The largest absolute Gasteiger partial charge is 0.374 e. The summed E-state index contributed by atoms with van der Waals surface area (Å²) in [4.78, 5) is 20.5. The van der Waals surface area contributed by atoms with E-state index in [-0.39, 0.29) is 24.0 Å². The normalized spacial score (nSPS) is 31.7. The van der Waals surface area contributed by atoms with Gasteiger partial charge in [-0.1, -0.05) is 0 Å². The van der Waals surface area contributed by atoms with E-state index in [1.807, 2.05) is 25.5 Å². The Hall–Kier alpha value is -1.20. The third-order valence-corrected chi connectivity index (χ3v) is 6.88. The first-order chi connectivity index (χ1) is 13.8. The highest BCUT2D eigenvalue weighted by molar-refractivity contribution is 14.0. The molecule has 160 valence electrons. The maximum absolute atomic E-state index is 6.10. The first kappa shape index (κ1) is 21.0. The van der Waals surface area contributed by atoms with E-state index in [1.165, 1.54) is 12.8 Å². The zero-order valence-corrected chi connectivity index (χ0v) is 19.4. The molecule has 1 N–H and O–H groups in total. The molecule has 4 unspecified atom stereocenters. The Kier molecular flexibility index (Phi) is 6.75. The van der Waals surface area contributed by atoms with Crippen LogP contribution in [-0.2, 0) is 4.74 Å². The number of guanidine groups is 1. The lowest BCUT2D eigenvalue weighted by molar-refractivity contribution is 0.0767. The van der Waals surface area contributed by atoms with Crippen LogP contribution >= 0.6 is 24.0 Å². The summed E-state index contributed by atoms with van der Waals surface area (Å²) in [6, 6.07) is 1.86. The molecule has 4 atom stereocenters. The number of aliphatic imine (C=N–C) groups is 1. The number of piperazine rings is 1. The predicted molar refractivity (Wildman–Crippen MR) is 124 cm³/mol. The van der Waals surface area contributed by atoms with Crippen molar-refractivity contribution < 1.29 is 4.74 Å². The first-order valence-electron chi connectivity index (χ1n) is 10.7. The van der Waals surface area contributed by atoms with Crippen LogP contribution in [0.25, 0.3) is 0 Å². The van der Waals surface area contributed by atoms with Gasteiger partial charge in [0.25, 0.3) is 0 Å². The van der Waals surface area contributed by atoms with Crippen LogP contribution in [0.4, 0.5) is 5.95 Å². The number of anilines is 1. The Morgan fingerprint density at radius 2 is 1.76 bits per heavy atom. The van der Waals surface area contributed by atoms with Gasteiger partial charge in [-0.3, -0.25) is 9.89 Å². The summed E-state index contributed by atoms with van der Waals surface area (Å²) in [5, 5.41) is 3.60. The van der Waals surface area contributed by atoms with E-state index in [4.69, 9.17) is 4.74 Å². The van der Waals surface area contributed by atoms with Crippen LogP contribution in [0.2, 0.25) is 0 Å². The topological polar surface area (TPSA) is 69.1 Å². The monoisotopic (exact) mass is 513 g/mol. The second-order valence-corrected chi connectivity index (χ2v) is 8.37. The Morgan fingerprint density at radius 3 is 2.38 bits per heavy atom. The number of aromatic nitrogens is 2. The van der Waals surface area contributed by atoms with Crippen LogP contribution in [-0.4, -0.2) is 97.3 Å². The number of nitrogens with zero attached hydrogens (tertiary/aromatic N) is 6. The number of fused-ring (bicyclic) bond motifs is 5. The van der Waals surface area contributed by atoms with Crippen LogP contribution < -0.4 is 10.2 Å². The van der Waals surface area contributed by atoms with Crippen molar-refractivity contribution in [3.63, 3.8) is 0 Å². The summed E-state index contributed by atoms with van der Waals surface area (Å²) in [5.41, 5.74) is 0. The lowest BCUT2D eigenvalue weighted by Gasteiger charge is -2.34. The molecule has 29 heavy (non-hydrogen) atoms. The van der Waals surface area contributed by atoms with Crippen molar-refractivity contribution in [3.8, 4) is 0 Å². The SMILES string of the molecule is CN=C(NCCN1CCN(c2ncccn2)CC1)N1CC2C3CCC(O3)C2C1.I. The van der Waals surface area contributed by atoms with E-state index in [2.05, 4.69) is 35.0 Å². The molecule has 4 aliphatic heterocycles. The summed E-state index contributed by atoms with van der Waals surface area (Å²) < 4.78 is 6.10. The molecule has 1 aromatic rings. The molecule has 5 rings (SSSR count). The van der Waals surface area contributed by atoms with Crippen LogP contribution in [0.5, 0.6) is 0 Å². The minimum absolute atomic E-state index is 0. The van der Waals surface area contributed by atoms with Crippen LogP contribution in [0.3, 0.4) is 0 Å². The number of halogens is 1. The van der Waals surface area contributed by atoms with E-state index in [0.717, 1.165) is 64.3 Å². The molecule has 0 saturated carbocycles. The Bertz CT molecular complexity index is 679. The maximum Gasteiger partial charge on any atom is 0.225 e. The molecule has 0 spiro atoms. The molecule has 0 radical (unpaired) electrons. The van der Waals surface area contributed by atoms with Gasteiger partial charge in [-0.05, 0) is 18.9 Å². The predicted octanol–water partition coefficient (Wildman–Crippen LogP) is 0.901. The molecule has 4 saturated heterocycles. The highest BCUT2D eigenvalue weighted by Gasteiger charge is 2.53. The average Bonchev–Trinajstić information content (AvgIpc) is 3.46. The number of hydrogen-bond donors (Lipinski definition) is 1. The Morgan fingerprint density at radius 1 is 1.10 bits per heavy atom. The lowest BCUT2D eigenvalue weighted by atomic mass is 9.82. The third kappa shape index (κ3) is 4.32. The molecular formula is C20H32IN7O. The quantitative estimate of drug-likeness (QED) is 0.365. The van der Waals surface area contributed by atoms with Crippen molar-refractivity contribution in [2.75, 3.05) is 64.3 Å². The lowest BCUT2D eigenvalue weighted by Crippen LogP contribution is -2.50. The third-order valence-electron chi connectivity index (χ3n) is 6.88. The molecule has 0 aliphatic carbocycles. The summed E-state index contributed by atoms with van der Waals surface area (Å²) in [5.74, 6) is 3.33. The summed E-state index contributed by atoms with van der Waals surface area (Å²) in [6.07, 6.45) is 7.14. The van der Waals surface area contributed by atoms with Crippen molar-refractivity contribution in [1.82, 2.24) is 25.1 Å². The van der Waals surface area contributed by atoms with Crippen molar-refractivity contribution in [2.24, 2.45) is 16.8 Å². The number of likely N-dealkylation sites (tertiary alicyclic amines) is 1. The number of ether oxygens (including phenoxy) is 1. The van der Waals surface area contributed by atoms with Gasteiger partial charge < -0.3 is 19.9 Å². The Balaban J connectivity index is 0.00000205. The molecule has 8 nitrogen and oxygen atoms in total. The van der Waals surface area contributed by atoms with Crippen molar-refractivity contribution in [1.29, 1.82) is 0 Å². The van der Waals surface area contributed by atoms with Crippen LogP contribution in [0.1, 0.15) is 12.8 Å². The van der Waals surface area contributed by atoms with Gasteiger partial charge in [-0.25, -0.2) is 9.97 Å². The molecular weight excluding hydrogens is 481 g/mol. The minimum atomic E-state index is 0. The average molecular weight is 513 g/mol. The minimum Gasteiger partial charge on any atom is -0.374 e. The van der Waals surface area contributed by atoms with Crippen molar-refractivity contribution >= 4 is 35.9 Å². The first-order valence-corrected chi connectivity index (χ1v) is 10.7. The van der Waals surface area contributed by atoms with E-state index in [1.54, 1.807) is 0 Å². The van der Waals surface area contributed by atoms with E-state index in [9.17, 15) is 0 Å². The highest BCUT2D eigenvalue weighted by atomic mass is 127. The summed E-state index contributed by atoms with van der Waals surface area (Å²) in [7, 11) is 1.90. The fourth-order valence-electron chi connectivity index (χ4n) is 5.42. The second kappa shape index (κ2) is 9.30. The van der Waals surface area contributed by atoms with Gasteiger partial charge in [0.05, 0.1) is 12.2 Å². The van der Waals surface area contributed by atoms with Crippen LogP contribution in [0.15, 0.2) is 23.5 Å². The molecule has 4 aliphatic rings. The van der Waals surface area contributed by atoms with Gasteiger partial charge in [0.1, 0.15) is 0 Å². The van der Waals surface area contributed by atoms with Gasteiger partial charge in [-0.2, -0.15) is 0 Å². The van der Waals surface area contributed by atoms with Gasteiger partial charge in [0, 0.05) is 83.6 Å². The van der Waals surface area contributed by atoms with Crippen molar-refractivity contribution in [2.45, 2.75) is 25.0 Å². The van der Waals surface area contributed by atoms with Crippen LogP contribution in [0, 0.1) is 11.8 Å². The van der Waals surface area contributed by atoms with E-state index >= 15 is 0 Å². The molecule has 9 heteroatoms. The maximum atomic E-state index is 6.10. The number of rotatable bonds is 4. The van der Waals surface area contributed by atoms with E-state index < -0.39 is 0 Å². The molecule has 2 bridgehead atoms. The second-order valence-electron chi connectivity index (χ2n) is 8.37. The number of hydrogen-bond acceptors (Lipinski definition) is 6. The van der Waals surface area contributed by atoms with Crippen molar-refractivity contribution in [3.05, 3.63) is 18.5 Å². The molecule has 5 heterocycles. The smallest absolute Gasteiger partial charge is 0.225 e. The Labute approximate surface area is 190 Å². The molecule has 0 aromatic carbocycles. The number of nitrogens with one attached hydrogen (secondary N) is 1. The van der Waals surface area contributed by atoms with Gasteiger partial charge in [0.2, 0.25) is 5.95 Å². The summed E-state index contributed by atoms with van der Waals surface area (Å²) in [6.45, 7) is 8.23. The zero-order valence-electron chi connectivity index (χ0n) is 17.1. The van der Waals surface area contributed by atoms with Gasteiger partial charge in [0.15, 0.2) is 5.96 Å². The molecule has 0 amide bonds. The summed E-state index contributed by atoms with van der Waals surface area (Å²) >= 11 is 0. The fourth-order valence-corrected chi connectivity index (χ4v) is 5.42. The standard InChI is InChI=1S/C20H31N7O.HI/c1-21-19(27-13-15-16(14-27)18-4-3-17(15)28-18)24-7-8-25-9-11-26(12-10-25)20-22-5-2-6-23-20;/h2,5-6,15-18H,3-4,7-14H2,1H3,(H,21,24);1H. The molecule has 1 aromatic heterocycles. The van der Waals surface area contributed by atoms with Gasteiger partial charge >= 0.3 is 0 Å².